The van der Waals surface area contributed by atoms with Gasteiger partial charge < -0.3 is 15.0 Å². The quantitative estimate of drug-likeness (QED) is 0.448. The Morgan fingerprint density at radius 2 is 1.97 bits per heavy atom. The average Bonchev–Trinajstić information content (AvgIpc) is 3.39. The van der Waals surface area contributed by atoms with E-state index in [-0.39, 0.29) is 17.9 Å². The summed E-state index contributed by atoms with van der Waals surface area (Å²) in [6, 6.07) is 6.94. The lowest BCUT2D eigenvalue weighted by atomic mass is 9.99. The molecule has 7 heteroatoms. The smallest absolute Gasteiger partial charge is 0.326 e. The Hall–Kier alpha value is -2.67. The number of amides is 1. The molecule has 0 aliphatic carbocycles. The first-order valence-electron chi connectivity index (χ1n) is 10.9. The minimum Gasteiger partial charge on any atom is -0.480 e. The van der Waals surface area contributed by atoms with E-state index in [4.69, 9.17) is 4.98 Å². The van der Waals surface area contributed by atoms with Crippen LogP contribution in [0.2, 0.25) is 0 Å². The normalized spacial score (nSPS) is 14.3. The molecule has 0 saturated carbocycles. The van der Waals surface area contributed by atoms with Gasteiger partial charge in [0.25, 0.3) is 5.91 Å². The third-order valence-electron chi connectivity index (χ3n) is 5.94. The second-order valence-corrected chi connectivity index (χ2v) is 9.06. The van der Waals surface area contributed by atoms with Gasteiger partial charge in [-0.2, -0.15) is 11.3 Å². The Bertz CT molecular complexity index is 1040. The second kappa shape index (κ2) is 10.1. The summed E-state index contributed by atoms with van der Waals surface area (Å²) in [6.07, 6.45) is 2.99. The molecule has 1 amide bonds. The molecule has 0 aliphatic rings. The number of hydrogen-bond acceptors (Lipinski definition) is 4. The topological polar surface area (TPSA) is 84.2 Å². The Balaban J connectivity index is 1.91. The predicted octanol–water partition coefficient (Wildman–Crippen LogP) is 5.28. The van der Waals surface area contributed by atoms with Gasteiger partial charge in [0.15, 0.2) is 0 Å². The molecule has 6 nitrogen and oxygen atoms in total. The van der Waals surface area contributed by atoms with E-state index in [1.807, 2.05) is 19.9 Å². The Kier molecular flexibility index (Phi) is 7.49. The molecule has 3 atom stereocenters. The third-order valence-corrected chi connectivity index (χ3v) is 6.67. The number of fused-ring (bicyclic) bond motifs is 1. The van der Waals surface area contributed by atoms with Crippen molar-refractivity contribution >= 4 is 34.2 Å². The minimum absolute atomic E-state index is 0.217. The number of thiophene rings is 1. The summed E-state index contributed by atoms with van der Waals surface area (Å²) < 4.78 is 2.25. The first-order chi connectivity index (χ1) is 14.8. The van der Waals surface area contributed by atoms with Crippen LogP contribution in [0.4, 0.5) is 0 Å². The van der Waals surface area contributed by atoms with Crippen molar-refractivity contribution in [1.82, 2.24) is 14.9 Å². The highest BCUT2D eigenvalue weighted by Gasteiger charge is 2.23. The van der Waals surface area contributed by atoms with Crippen LogP contribution in [0.5, 0.6) is 0 Å². The van der Waals surface area contributed by atoms with Crippen molar-refractivity contribution in [2.75, 3.05) is 0 Å². The van der Waals surface area contributed by atoms with Gasteiger partial charge in [0, 0.05) is 18.0 Å². The van der Waals surface area contributed by atoms with Crippen LogP contribution in [-0.2, 0) is 11.2 Å². The van der Waals surface area contributed by atoms with Gasteiger partial charge in [0.1, 0.15) is 11.9 Å². The highest BCUT2D eigenvalue weighted by Crippen LogP contribution is 2.26. The number of nitrogens with one attached hydrogen (secondary N) is 1. The summed E-state index contributed by atoms with van der Waals surface area (Å²) in [4.78, 5) is 29.3. The van der Waals surface area contributed by atoms with E-state index in [1.54, 1.807) is 23.5 Å². The van der Waals surface area contributed by atoms with Crippen LogP contribution >= 0.6 is 11.3 Å². The number of rotatable bonds is 10. The Morgan fingerprint density at radius 3 is 2.58 bits per heavy atom. The first kappa shape index (κ1) is 23.0. The van der Waals surface area contributed by atoms with Crippen molar-refractivity contribution in [1.29, 1.82) is 0 Å². The third kappa shape index (κ3) is 5.34. The van der Waals surface area contributed by atoms with Gasteiger partial charge in [0.05, 0.1) is 11.0 Å². The molecule has 2 aromatic heterocycles. The van der Waals surface area contributed by atoms with Gasteiger partial charge in [-0.05, 0) is 66.3 Å². The van der Waals surface area contributed by atoms with Gasteiger partial charge in [-0.15, -0.1) is 0 Å². The van der Waals surface area contributed by atoms with Crippen molar-refractivity contribution in [2.45, 2.75) is 65.5 Å². The van der Waals surface area contributed by atoms with E-state index in [1.165, 1.54) is 5.56 Å². The molecule has 2 heterocycles. The van der Waals surface area contributed by atoms with E-state index >= 15 is 0 Å². The van der Waals surface area contributed by atoms with Crippen LogP contribution < -0.4 is 5.32 Å². The van der Waals surface area contributed by atoms with Crippen LogP contribution in [-0.4, -0.2) is 32.6 Å². The zero-order valence-corrected chi connectivity index (χ0v) is 19.4. The fraction of sp³-hybridized carbons (Fsp3) is 0.458. The molecule has 3 rings (SSSR count). The second-order valence-electron chi connectivity index (χ2n) is 8.28. The van der Waals surface area contributed by atoms with E-state index in [9.17, 15) is 14.7 Å². The maximum absolute atomic E-state index is 12.8. The molecule has 0 spiro atoms. The average molecular weight is 442 g/mol. The first-order valence-corrected chi connectivity index (χ1v) is 11.8. The summed E-state index contributed by atoms with van der Waals surface area (Å²) in [7, 11) is 0. The molecule has 1 aromatic carbocycles. The van der Waals surface area contributed by atoms with Crippen LogP contribution in [0.15, 0.2) is 35.0 Å². The summed E-state index contributed by atoms with van der Waals surface area (Å²) in [5.41, 5.74) is 3.40. The van der Waals surface area contributed by atoms with Crippen LogP contribution in [0.3, 0.4) is 0 Å². The molecular weight excluding hydrogens is 410 g/mol. The highest BCUT2D eigenvalue weighted by atomic mass is 32.1. The lowest BCUT2D eigenvalue weighted by Crippen LogP contribution is -2.41. The molecule has 166 valence electrons. The summed E-state index contributed by atoms with van der Waals surface area (Å²) in [5, 5.41) is 16.4. The lowest BCUT2D eigenvalue weighted by molar-refractivity contribution is -0.139. The molecule has 31 heavy (non-hydrogen) atoms. The monoisotopic (exact) mass is 441 g/mol. The molecule has 0 bridgehead atoms. The number of imidazole rings is 1. The maximum atomic E-state index is 12.8. The van der Waals surface area contributed by atoms with Crippen molar-refractivity contribution < 1.29 is 14.7 Å². The number of nitrogens with zero attached hydrogens (tertiary/aromatic N) is 2. The standard InChI is InChI=1S/C24H31N3O3S/c1-5-15(3)11-20(24(29)30)26-23(28)18-7-8-21-19(13-18)25-22(27(21)16(4)6-2)12-17-9-10-31-14-17/h7-10,13-16,20H,5-6,11-12H2,1-4H3,(H,26,28)(H,29,30)/t15?,16?,20-/m0/s1. The number of hydrogen-bond donors (Lipinski definition) is 2. The van der Waals surface area contributed by atoms with Gasteiger partial charge in [-0.25, -0.2) is 9.78 Å². The number of aliphatic carboxylic acids is 1. The summed E-state index contributed by atoms with van der Waals surface area (Å²) in [6.45, 7) is 8.33. The molecule has 2 N–H and O–H groups in total. The lowest BCUT2D eigenvalue weighted by Gasteiger charge is -2.18. The zero-order chi connectivity index (χ0) is 22.5. The number of carboxylic acid groups (broad SMARTS) is 1. The number of aromatic nitrogens is 2. The van der Waals surface area contributed by atoms with E-state index < -0.39 is 12.0 Å². The largest absolute Gasteiger partial charge is 0.480 e. The molecule has 3 aromatic rings. The summed E-state index contributed by atoms with van der Waals surface area (Å²) >= 11 is 1.67. The van der Waals surface area contributed by atoms with Crippen molar-refractivity contribution in [3.05, 3.63) is 52.0 Å². The SMILES string of the molecule is CCC(C)C[C@H](NC(=O)c1ccc2c(c1)nc(Cc1ccsc1)n2C(C)CC)C(=O)O. The number of carbonyl (C=O) groups excluding carboxylic acids is 1. The maximum Gasteiger partial charge on any atom is 0.326 e. The fourth-order valence-electron chi connectivity index (χ4n) is 3.70. The van der Waals surface area contributed by atoms with Crippen LogP contribution in [0.25, 0.3) is 11.0 Å². The van der Waals surface area contributed by atoms with Gasteiger partial charge in [-0.3, -0.25) is 4.79 Å². The molecular formula is C24H31N3O3S. The van der Waals surface area contributed by atoms with E-state index in [0.717, 1.165) is 36.1 Å². The minimum atomic E-state index is -1.01. The number of benzene rings is 1. The number of carboxylic acids is 1. The number of carbonyl (C=O) groups is 2. The van der Waals surface area contributed by atoms with Crippen LogP contribution in [0, 0.1) is 5.92 Å². The van der Waals surface area contributed by atoms with Crippen molar-refractivity contribution in [2.24, 2.45) is 5.92 Å². The predicted molar refractivity (Wildman–Crippen MR) is 125 cm³/mol. The van der Waals surface area contributed by atoms with E-state index in [0.29, 0.717) is 12.0 Å². The molecule has 0 radical (unpaired) electrons. The van der Waals surface area contributed by atoms with Crippen LogP contribution in [0.1, 0.15) is 74.7 Å². The zero-order valence-electron chi connectivity index (χ0n) is 18.6. The molecule has 2 unspecified atom stereocenters. The molecule has 0 saturated heterocycles. The highest BCUT2D eigenvalue weighted by molar-refractivity contribution is 7.07. The Labute approximate surface area is 187 Å². The van der Waals surface area contributed by atoms with E-state index in [2.05, 4.69) is 40.6 Å². The van der Waals surface area contributed by atoms with Crippen molar-refractivity contribution in [3.8, 4) is 0 Å². The van der Waals surface area contributed by atoms with Gasteiger partial charge in [-0.1, -0.05) is 27.2 Å². The van der Waals surface area contributed by atoms with Gasteiger partial charge in [0.2, 0.25) is 0 Å². The fourth-order valence-corrected chi connectivity index (χ4v) is 4.37. The summed E-state index contributed by atoms with van der Waals surface area (Å²) in [5.74, 6) is -0.195. The van der Waals surface area contributed by atoms with Gasteiger partial charge >= 0.3 is 5.97 Å². The molecule has 0 fully saturated rings. The Morgan fingerprint density at radius 1 is 1.19 bits per heavy atom. The van der Waals surface area contributed by atoms with Crippen molar-refractivity contribution in [3.63, 3.8) is 0 Å². The molecule has 0 aliphatic heterocycles.